The molecule has 1 saturated heterocycles. The summed E-state index contributed by atoms with van der Waals surface area (Å²) in [7, 11) is 0. The Bertz CT molecular complexity index is 485. The molecule has 2 aromatic rings. The van der Waals surface area contributed by atoms with Crippen LogP contribution in [0.4, 0.5) is 0 Å². The first-order valence-corrected chi connectivity index (χ1v) is 7.87. The van der Waals surface area contributed by atoms with E-state index in [9.17, 15) is 0 Å². The Morgan fingerprint density at radius 1 is 1.37 bits per heavy atom. The van der Waals surface area contributed by atoms with Crippen LogP contribution in [0, 0.1) is 5.92 Å². The average molecular weight is 277 g/mol. The molecule has 0 saturated carbocycles. The first-order valence-electron chi connectivity index (χ1n) is 6.93. The zero-order valence-electron chi connectivity index (χ0n) is 11.0. The molecule has 5 nitrogen and oxygen atoms in total. The van der Waals surface area contributed by atoms with Crippen LogP contribution in [0.15, 0.2) is 16.8 Å². The molecule has 0 aliphatic carbocycles. The molecule has 1 N–H and O–H groups in total. The monoisotopic (exact) mass is 277 g/mol. The van der Waals surface area contributed by atoms with Crippen molar-refractivity contribution in [3.63, 3.8) is 0 Å². The minimum Gasteiger partial charge on any atom is -0.317 e. The topological polar surface area (TPSA) is 55.6 Å². The van der Waals surface area contributed by atoms with E-state index >= 15 is 0 Å². The molecular formula is C13H19N5S. The summed E-state index contributed by atoms with van der Waals surface area (Å²) < 4.78 is 0. The van der Waals surface area contributed by atoms with Crippen LogP contribution in [0.25, 0.3) is 11.4 Å². The molecule has 6 heteroatoms. The van der Waals surface area contributed by atoms with E-state index in [1.54, 1.807) is 16.1 Å². The van der Waals surface area contributed by atoms with Gasteiger partial charge in [0.05, 0.1) is 6.54 Å². The van der Waals surface area contributed by atoms with Crippen molar-refractivity contribution in [1.29, 1.82) is 0 Å². The van der Waals surface area contributed by atoms with Crippen LogP contribution in [-0.4, -0.2) is 33.3 Å². The summed E-state index contributed by atoms with van der Waals surface area (Å²) in [5.74, 6) is 1.54. The number of thiophene rings is 1. The smallest absolute Gasteiger partial charge is 0.205 e. The molecule has 3 heterocycles. The number of rotatable bonds is 4. The maximum Gasteiger partial charge on any atom is 0.205 e. The zero-order chi connectivity index (χ0) is 12.9. The Morgan fingerprint density at radius 3 is 3.26 bits per heavy atom. The highest BCUT2D eigenvalue weighted by atomic mass is 32.1. The zero-order valence-corrected chi connectivity index (χ0v) is 11.8. The molecule has 1 atom stereocenters. The standard InChI is InChI=1S/C13H19N5S/c1-2-11(3-7-14-6-1)4-8-18-16-13(15-17-18)12-5-9-19-10-12/h5,9-11,14H,1-4,6-8H2. The number of tetrazole rings is 1. The molecule has 2 aromatic heterocycles. The first-order chi connectivity index (χ1) is 9.42. The first kappa shape index (κ1) is 12.7. The third-order valence-corrected chi connectivity index (χ3v) is 4.35. The molecule has 0 spiro atoms. The molecule has 1 fully saturated rings. The quantitative estimate of drug-likeness (QED) is 0.930. The van der Waals surface area contributed by atoms with Crippen LogP contribution in [0.5, 0.6) is 0 Å². The third-order valence-electron chi connectivity index (χ3n) is 3.66. The van der Waals surface area contributed by atoms with Crippen molar-refractivity contribution in [3.05, 3.63) is 16.8 Å². The van der Waals surface area contributed by atoms with Crippen LogP contribution in [-0.2, 0) is 6.54 Å². The van der Waals surface area contributed by atoms with E-state index in [4.69, 9.17) is 0 Å². The fraction of sp³-hybridized carbons (Fsp3) is 0.615. The van der Waals surface area contributed by atoms with E-state index in [2.05, 4.69) is 26.1 Å². The van der Waals surface area contributed by atoms with Gasteiger partial charge in [0.1, 0.15) is 0 Å². The van der Waals surface area contributed by atoms with E-state index in [1.807, 2.05) is 11.4 Å². The highest BCUT2D eigenvalue weighted by molar-refractivity contribution is 7.08. The number of nitrogens with one attached hydrogen (secondary N) is 1. The summed E-state index contributed by atoms with van der Waals surface area (Å²) in [5.41, 5.74) is 1.06. The summed E-state index contributed by atoms with van der Waals surface area (Å²) in [6.07, 6.45) is 5.03. The van der Waals surface area contributed by atoms with Gasteiger partial charge in [0.2, 0.25) is 5.82 Å². The van der Waals surface area contributed by atoms with Crippen molar-refractivity contribution in [2.24, 2.45) is 5.92 Å². The van der Waals surface area contributed by atoms with E-state index in [0.29, 0.717) is 0 Å². The Morgan fingerprint density at radius 2 is 2.37 bits per heavy atom. The molecular weight excluding hydrogens is 258 g/mol. The van der Waals surface area contributed by atoms with Gasteiger partial charge in [-0.3, -0.25) is 0 Å². The fourth-order valence-corrected chi connectivity index (χ4v) is 3.16. The molecule has 0 bridgehead atoms. The Labute approximate surface area is 117 Å². The van der Waals surface area contributed by atoms with Gasteiger partial charge in [0.25, 0.3) is 0 Å². The van der Waals surface area contributed by atoms with E-state index in [0.717, 1.165) is 36.8 Å². The van der Waals surface area contributed by atoms with Gasteiger partial charge in [-0.05, 0) is 61.4 Å². The summed E-state index contributed by atoms with van der Waals surface area (Å²) in [6.45, 7) is 3.19. The van der Waals surface area contributed by atoms with Gasteiger partial charge in [-0.1, -0.05) is 0 Å². The lowest BCUT2D eigenvalue weighted by molar-refractivity contribution is 0.376. The summed E-state index contributed by atoms with van der Waals surface area (Å²) in [6, 6.07) is 2.03. The van der Waals surface area contributed by atoms with Gasteiger partial charge in [-0.15, -0.1) is 10.2 Å². The molecule has 1 aliphatic rings. The van der Waals surface area contributed by atoms with Gasteiger partial charge >= 0.3 is 0 Å². The van der Waals surface area contributed by atoms with Crippen molar-refractivity contribution in [2.75, 3.05) is 13.1 Å². The van der Waals surface area contributed by atoms with Crippen LogP contribution < -0.4 is 5.32 Å². The Hall–Kier alpha value is -1.27. The number of aryl methyl sites for hydroxylation is 1. The van der Waals surface area contributed by atoms with Gasteiger partial charge in [-0.2, -0.15) is 16.1 Å². The maximum absolute atomic E-state index is 4.45. The highest BCUT2D eigenvalue weighted by Crippen LogP contribution is 2.19. The van der Waals surface area contributed by atoms with Gasteiger partial charge in [0.15, 0.2) is 0 Å². The van der Waals surface area contributed by atoms with Gasteiger partial charge < -0.3 is 5.32 Å². The molecule has 0 aromatic carbocycles. The largest absolute Gasteiger partial charge is 0.317 e. The van der Waals surface area contributed by atoms with Crippen molar-refractivity contribution >= 4 is 11.3 Å². The van der Waals surface area contributed by atoms with E-state index in [1.165, 1.54) is 25.8 Å². The lowest BCUT2D eigenvalue weighted by Gasteiger charge is -2.11. The second-order valence-electron chi connectivity index (χ2n) is 5.06. The van der Waals surface area contributed by atoms with E-state index < -0.39 is 0 Å². The second kappa shape index (κ2) is 6.25. The lowest BCUT2D eigenvalue weighted by Crippen LogP contribution is -2.14. The van der Waals surface area contributed by atoms with Crippen molar-refractivity contribution in [3.8, 4) is 11.4 Å². The SMILES string of the molecule is c1cc(-c2nnn(CCC3CCCNCC3)n2)cs1. The summed E-state index contributed by atoms with van der Waals surface area (Å²) in [4.78, 5) is 1.74. The molecule has 0 radical (unpaired) electrons. The Kier molecular flexibility index (Phi) is 4.20. The summed E-state index contributed by atoms with van der Waals surface area (Å²) >= 11 is 1.66. The molecule has 19 heavy (non-hydrogen) atoms. The maximum atomic E-state index is 4.45. The molecule has 0 amide bonds. The molecule has 1 aliphatic heterocycles. The van der Waals surface area contributed by atoms with Crippen LogP contribution in [0.2, 0.25) is 0 Å². The average Bonchev–Trinajstić information content (AvgIpc) is 3.04. The molecule has 102 valence electrons. The highest BCUT2D eigenvalue weighted by Gasteiger charge is 2.13. The minimum atomic E-state index is 0.740. The van der Waals surface area contributed by atoms with Gasteiger partial charge in [-0.25, -0.2) is 0 Å². The number of aromatic nitrogens is 4. The summed E-state index contributed by atoms with van der Waals surface area (Å²) in [5, 5.41) is 20.2. The van der Waals surface area contributed by atoms with E-state index in [-0.39, 0.29) is 0 Å². The minimum absolute atomic E-state index is 0.740. The van der Waals surface area contributed by atoms with Crippen molar-refractivity contribution < 1.29 is 0 Å². The normalized spacial score (nSPS) is 20.3. The van der Waals surface area contributed by atoms with Crippen molar-refractivity contribution in [2.45, 2.75) is 32.2 Å². The van der Waals surface area contributed by atoms with Crippen molar-refractivity contribution in [1.82, 2.24) is 25.5 Å². The van der Waals surface area contributed by atoms with Crippen LogP contribution >= 0.6 is 11.3 Å². The predicted molar refractivity (Wildman–Crippen MR) is 76.0 cm³/mol. The second-order valence-corrected chi connectivity index (χ2v) is 5.84. The van der Waals surface area contributed by atoms with Crippen LogP contribution in [0.3, 0.4) is 0 Å². The fourth-order valence-electron chi connectivity index (χ4n) is 2.52. The number of hydrogen-bond acceptors (Lipinski definition) is 5. The number of hydrogen-bond donors (Lipinski definition) is 1. The lowest BCUT2D eigenvalue weighted by atomic mass is 9.97. The Balaban J connectivity index is 1.55. The molecule has 1 unspecified atom stereocenters. The number of nitrogens with zero attached hydrogens (tertiary/aromatic N) is 4. The molecule has 3 rings (SSSR count). The predicted octanol–water partition coefficient (Wildman–Crippen LogP) is 2.18. The van der Waals surface area contributed by atoms with Crippen LogP contribution in [0.1, 0.15) is 25.7 Å². The van der Waals surface area contributed by atoms with Gasteiger partial charge in [0, 0.05) is 10.9 Å². The third kappa shape index (κ3) is 3.39.